The zero-order valence-electron chi connectivity index (χ0n) is 11.0. The van der Waals surface area contributed by atoms with E-state index in [0.29, 0.717) is 25.8 Å². The van der Waals surface area contributed by atoms with Crippen LogP contribution in [0.4, 0.5) is 0 Å². The topological polar surface area (TPSA) is 98.2 Å². The Balaban J connectivity index is 2.20. The molecule has 1 aromatic carbocycles. The van der Waals surface area contributed by atoms with Crippen molar-refractivity contribution in [2.45, 2.75) is 31.7 Å². The van der Waals surface area contributed by atoms with Gasteiger partial charge in [0.1, 0.15) is 0 Å². The molecule has 104 valence electrons. The smallest absolute Gasteiger partial charge is 0.237 e. The fourth-order valence-corrected chi connectivity index (χ4v) is 1.73. The van der Waals surface area contributed by atoms with Crippen molar-refractivity contribution < 1.29 is 9.59 Å². The van der Waals surface area contributed by atoms with Crippen LogP contribution < -0.4 is 16.8 Å². The predicted molar refractivity (Wildman–Crippen MR) is 74.2 cm³/mol. The second-order valence-corrected chi connectivity index (χ2v) is 4.51. The number of hydrogen-bond donors (Lipinski definition) is 3. The molecule has 0 saturated carbocycles. The summed E-state index contributed by atoms with van der Waals surface area (Å²) >= 11 is 0. The van der Waals surface area contributed by atoms with Gasteiger partial charge < -0.3 is 16.8 Å². The second-order valence-electron chi connectivity index (χ2n) is 4.51. The predicted octanol–water partition coefficient (Wildman–Crippen LogP) is 0.328. The Labute approximate surface area is 113 Å². The third kappa shape index (κ3) is 6.57. The highest BCUT2D eigenvalue weighted by Crippen LogP contribution is 2.02. The number of unbranched alkanes of at least 4 members (excludes halogenated alkanes) is 1. The molecule has 0 fully saturated rings. The first-order valence-corrected chi connectivity index (χ1v) is 6.45. The lowest BCUT2D eigenvalue weighted by molar-refractivity contribution is -0.122. The number of primary amides is 1. The van der Waals surface area contributed by atoms with Crippen LogP contribution in [-0.4, -0.2) is 24.4 Å². The highest BCUT2D eigenvalue weighted by Gasteiger charge is 2.12. The van der Waals surface area contributed by atoms with Crippen molar-refractivity contribution in [2.75, 3.05) is 6.54 Å². The normalized spacial score (nSPS) is 11.8. The van der Waals surface area contributed by atoms with Crippen molar-refractivity contribution >= 4 is 11.8 Å². The summed E-state index contributed by atoms with van der Waals surface area (Å²) in [5.41, 5.74) is 11.9. The molecule has 5 nitrogen and oxygen atoms in total. The molecular formula is C14H21N3O2. The fraction of sp³-hybridized carbons (Fsp3) is 0.429. The molecule has 0 heterocycles. The maximum absolute atomic E-state index is 11.7. The summed E-state index contributed by atoms with van der Waals surface area (Å²) in [6.45, 7) is 0.522. The maximum Gasteiger partial charge on any atom is 0.237 e. The van der Waals surface area contributed by atoms with Gasteiger partial charge >= 0.3 is 0 Å². The van der Waals surface area contributed by atoms with Crippen LogP contribution in [0, 0.1) is 0 Å². The SMILES string of the molecule is NC(=O)CCCCNC(=O)[C@@H](N)Cc1ccccc1. The van der Waals surface area contributed by atoms with Gasteiger partial charge in [-0.2, -0.15) is 0 Å². The van der Waals surface area contributed by atoms with E-state index in [1.807, 2.05) is 30.3 Å². The molecule has 5 N–H and O–H groups in total. The molecule has 1 atom stereocenters. The number of amides is 2. The van der Waals surface area contributed by atoms with Crippen LogP contribution in [0.25, 0.3) is 0 Å². The molecule has 19 heavy (non-hydrogen) atoms. The summed E-state index contributed by atoms with van der Waals surface area (Å²) in [6, 6.07) is 9.11. The molecule has 0 spiro atoms. The van der Waals surface area contributed by atoms with Gasteiger partial charge in [-0.15, -0.1) is 0 Å². The third-order valence-electron chi connectivity index (χ3n) is 2.78. The average molecular weight is 263 g/mol. The summed E-state index contributed by atoms with van der Waals surface area (Å²) in [6.07, 6.45) is 2.29. The van der Waals surface area contributed by atoms with E-state index in [4.69, 9.17) is 11.5 Å². The summed E-state index contributed by atoms with van der Waals surface area (Å²) in [4.78, 5) is 22.2. The first kappa shape index (κ1) is 15.2. The van der Waals surface area contributed by atoms with E-state index in [0.717, 1.165) is 12.0 Å². The summed E-state index contributed by atoms with van der Waals surface area (Å²) in [7, 11) is 0. The maximum atomic E-state index is 11.7. The van der Waals surface area contributed by atoms with Crippen molar-refractivity contribution in [3.8, 4) is 0 Å². The molecule has 0 unspecified atom stereocenters. The van der Waals surface area contributed by atoms with Crippen molar-refractivity contribution in [1.82, 2.24) is 5.32 Å². The van der Waals surface area contributed by atoms with E-state index in [1.54, 1.807) is 0 Å². The lowest BCUT2D eigenvalue weighted by Crippen LogP contribution is -2.42. The minimum atomic E-state index is -0.543. The number of hydrogen-bond acceptors (Lipinski definition) is 3. The first-order valence-electron chi connectivity index (χ1n) is 6.45. The molecule has 1 aromatic rings. The summed E-state index contributed by atoms with van der Waals surface area (Å²) in [5, 5.41) is 2.76. The molecule has 0 aliphatic carbocycles. The van der Waals surface area contributed by atoms with Gasteiger partial charge in [0.05, 0.1) is 6.04 Å². The Kier molecular flexibility index (Phi) is 6.60. The van der Waals surface area contributed by atoms with Gasteiger partial charge in [-0.3, -0.25) is 9.59 Å². The van der Waals surface area contributed by atoms with Crippen molar-refractivity contribution in [3.63, 3.8) is 0 Å². The molecular weight excluding hydrogens is 242 g/mol. The van der Waals surface area contributed by atoms with Gasteiger partial charge in [0.15, 0.2) is 0 Å². The van der Waals surface area contributed by atoms with E-state index in [2.05, 4.69) is 5.32 Å². The molecule has 0 aliphatic rings. The number of carbonyl (C=O) groups excluding carboxylic acids is 2. The first-order chi connectivity index (χ1) is 9.09. The Morgan fingerprint density at radius 2 is 1.84 bits per heavy atom. The number of carbonyl (C=O) groups is 2. The quantitative estimate of drug-likeness (QED) is 0.589. The van der Waals surface area contributed by atoms with Gasteiger partial charge in [-0.1, -0.05) is 30.3 Å². The lowest BCUT2D eigenvalue weighted by Gasteiger charge is -2.12. The lowest BCUT2D eigenvalue weighted by atomic mass is 10.1. The Hall–Kier alpha value is -1.88. The monoisotopic (exact) mass is 263 g/mol. The Morgan fingerprint density at radius 3 is 2.47 bits per heavy atom. The van der Waals surface area contributed by atoms with Crippen LogP contribution >= 0.6 is 0 Å². The van der Waals surface area contributed by atoms with E-state index in [1.165, 1.54) is 0 Å². The largest absolute Gasteiger partial charge is 0.370 e. The molecule has 2 amide bonds. The minimum Gasteiger partial charge on any atom is -0.370 e. The van der Waals surface area contributed by atoms with Gasteiger partial charge in [0.25, 0.3) is 0 Å². The van der Waals surface area contributed by atoms with Crippen LogP contribution in [0.1, 0.15) is 24.8 Å². The third-order valence-corrected chi connectivity index (χ3v) is 2.78. The Morgan fingerprint density at radius 1 is 1.16 bits per heavy atom. The highest BCUT2D eigenvalue weighted by atomic mass is 16.2. The van der Waals surface area contributed by atoms with Crippen LogP contribution in [0.15, 0.2) is 30.3 Å². The Bertz CT molecular complexity index is 406. The zero-order valence-corrected chi connectivity index (χ0v) is 11.0. The molecule has 0 aromatic heterocycles. The number of nitrogens with one attached hydrogen (secondary N) is 1. The second kappa shape index (κ2) is 8.26. The number of nitrogens with two attached hydrogens (primary N) is 2. The number of rotatable bonds is 8. The van der Waals surface area contributed by atoms with E-state index in [9.17, 15) is 9.59 Å². The summed E-state index contributed by atoms with van der Waals surface area (Å²) < 4.78 is 0. The summed E-state index contributed by atoms with van der Waals surface area (Å²) in [5.74, 6) is -0.477. The number of benzene rings is 1. The van der Waals surface area contributed by atoms with Crippen molar-refractivity contribution in [2.24, 2.45) is 11.5 Å². The van der Waals surface area contributed by atoms with E-state index < -0.39 is 6.04 Å². The molecule has 0 aliphatic heterocycles. The van der Waals surface area contributed by atoms with Gasteiger partial charge in [-0.05, 0) is 24.8 Å². The minimum absolute atomic E-state index is 0.164. The van der Waals surface area contributed by atoms with E-state index in [-0.39, 0.29) is 11.8 Å². The molecule has 1 rings (SSSR count). The van der Waals surface area contributed by atoms with Crippen LogP contribution in [0.5, 0.6) is 0 Å². The van der Waals surface area contributed by atoms with Crippen LogP contribution in [0.2, 0.25) is 0 Å². The van der Waals surface area contributed by atoms with E-state index >= 15 is 0 Å². The molecule has 5 heteroatoms. The highest BCUT2D eigenvalue weighted by molar-refractivity contribution is 5.81. The zero-order chi connectivity index (χ0) is 14.1. The van der Waals surface area contributed by atoms with Gasteiger partial charge in [0.2, 0.25) is 11.8 Å². The van der Waals surface area contributed by atoms with Gasteiger partial charge in [-0.25, -0.2) is 0 Å². The van der Waals surface area contributed by atoms with Crippen LogP contribution in [-0.2, 0) is 16.0 Å². The fourth-order valence-electron chi connectivity index (χ4n) is 1.73. The van der Waals surface area contributed by atoms with Gasteiger partial charge in [0, 0.05) is 13.0 Å². The standard InChI is InChI=1S/C14H21N3O2/c15-12(10-11-6-2-1-3-7-11)14(19)17-9-5-4-8-13(16)18/h1-3,6-7,12H,4-5,8-10,15H2,(H2,16,18)(H,17,19)/t12-/m0/s1. The molecule has 0 saturated heterocycles. The average Bonchev–Trinajstić information content (AvgIpc) is 2.38. The molecule has 0 bridgehead atoms. The van der Waals surface area contributed by atoms with Crippen molar-refractivity contribution in [3.05, 3.63) is 35.9 Å². The van der Waals surface area contributed by atoms with Crippen LogP contribution in [0.3, 0.4) is 0 Å². The van der Waals surface area contributed by atoms with Crippen molar-refractivity contribution in [1.29, 1.82) is 0 Å². The molecule has 0 radical (unpaired) electrons.